The highest BCUT2D eigenvalue weighted by Gasteiger charge is 2.28. The van der Waals surface area contributed by atoms with Crippen LogP contribution in [0.1, 0.15) is 21.8 Å². The Labute approximate surface area is 268 Å². The summed E-state index contributed by atoms with van der Waals surface area (Å²) in [6.45, 7) is 2.87. The minimum atomic E-state index is -1.31. The van der Waals surface area contributed by atoms with E-state index in [-0.39, 0.29) is 98.8 Å². The molecule has 46 heavy (non-hydrogen) atoms. The molecule has 0 aromatic rings. The van der Waals surface area contributed by atoms with Crippen LogP contribution in [0.3, 0.4) is 0 Å². The summed E-state index contributed by atoms with van der Waals surface area (Å²) in [7, 11) is 1.43. The highest BCUT2D eigenvalue weighted by atomic mass is 16.6. The number of nitrogens with one attached hydrogen (secondary N) is 4. The molecule has 8 N–H and O–H groups in total. The predicted molar refractivity (Wildman–Crippen MR) is 156 cm³/mol. The van der Waals surface area contributed by atoms with Crippen molar-refractivity contribution in [3.05, 3.63) is 0 Å². The molecule has 2 atom stereocenters. The number of morpholine rings is 2. The summed E-state index contributed by atoms with van der Waals surface area (Å²) in [6, 6.07) is 0. The number of aliphatic carboxylic acids is 2. The minimum absolute atomic E-state index is 0. The molecule has 0 radical (unpaired) electrons. The number of nitrogens with zero attached hydrogens (tertiary/aromatic N) is 2. The Morgan fingerprint density at radius 1 is 0.717 bits per heavy atom. The number of hydrogen-bond donors (Lipinski definition) is 6. The van der Waals surface area contributed by atoms with Crippen LogP contribution in [-0.4, -0.2) is 156 Å². The van der Waals surface area contributed by atoms with Gasteiger partial charge in [-0.05, 0) is 6.92 Å². The fraction of sp³-hybridized carbons (Fsp3) is 0.692. The Morgan fingerprint density at radius 3 is 1.33 bits per heavy atom. The third-order valence-electron chi connectivity index (χ3n) is 5.69. The molecule has 0 saturated carbocycles. The first-order valence-electron chi connectivity index (χ1n) is 13.6. The van der Waals surface area contributed by atoms with Gasteiger partial charge in [0, 0.05) is 33.4 Å². The van der Waals surface area contributed by atoms with Crippen LogP contribution in [0.2, 0.25) is 0 Å². The van der Waals surface area contributed by atoms with Crippen molar-refractivity contribution >= 4 is 47.6 Å². The third-order valence-corrected chi connectivity index (χ3v) is 5.69. The first-order chi connectivity index (χ1) is 20.7. The number of carboxylic acid groups (broad SMARTS) is 2. The van der Waals surface area contributed by atoms with E-state index in [1.54, 1.807) is 16.7 Å². The van der Waals surface area contributed by atoms with Gasteiger partial charge in [0.15, 0.2) is 13.1 Å². The number of nitrogens with two attached hydrogens (primary N) is 2. The maximum atomic E-state index is 11.6. The van der Waals surface area contributed by atoms with Gasteiger partial charge in [0.1, 0.15) is 26.2 Å². The lowest BCUT2D eigenvalue weighted by atomic mass is 10.3. The van der Waals surface area contributed by atoms with Gasteiger partial charge in [0.2, 0.25) is 0 Å². The fourth-order valence-electron chi connectivity index (χ4n) is 3.87. The normalized spacial score (nSPS) is 15.8. The van der Waals surface area contributed by atoms with Crippen molar-refractivity contribution in [3.8, 4) is 0 Å². The molecule has 266 valence electrons. The van der Waals surface area contributed by atoms with E-state index in [4.69, 9.17) is 0 Å². The topological polar surface area (TPSA) is 293 Å². The summed E-state index contributed by atoms with van der Waals surface area (Å²) < 4.78 is 8.76. The van der Waals surface area contributed by atoms with E-state index in [9.17, 15) is 48.6 Å². The first-order valence-corrected chi connectivity index (χ1v) is 13.6. The quantitative estimate of drug-likeness (QED) is 0.0537. The number of amides is 2. The molecule has 2 amide bonds. The van der Waals surface area contributed by atoms with Gasteiger partial charge in [0.25, 0.3) is 11.8 Å². The van der Waals surface area contributed by atoms with Crippen molar-refractivity contribution in [1.82, 2.24) is 20.4 Å². The van der Waals surface area contributed by atoms with Gasteiger partial charge in [-0.25, -0.2) is 0 Å². The molecule has 0 spiro atoms. The average molecular weight is 667 g/mol. The second kappa shape index (κ2) is 26.2. The van der Waals surface area contributed by atoms with Crippen molar-refractivity contribution < 1.29 is 67.8 Å². The van der Waals surface area contributed by atoms with Crippen LogP contribution in [0.25, 0.3) is 0 Å². The highest BCUT2D eigenvalue weighted by molar-refractivity contribution is 5.90. The molecule has 2 saturated heterocycles. The maximum Gasteiger partial charge on any atom is 0.327 e. The number of carbonyl (C=O) groups excluding carboxylic acids is 8. The zero-order chi connectivity index (χ0) is 33.7. The van der Waals surface area contributed by atoms with Crippen LogP contribution in [0.4, 0.5) is 0 Å². The van der Waals surface area contributed by atoms with Crippen LogP contribution in [0, 0.1) is 0 Å². The third kappa shape index (κ3) is 23.3. The van der Waals surface area contributed by atoms with Gasteiger partial charge in [-0.1, -0.05) is 14.9 Å². The van der Waals surface area contributed by atoms with Crippen LogP contribution in [-0.2, 0) is 47.8 Å². The lowest BCUT2D eigenvalue weighted by Gasteiger charge is -2.28. The molecule has 2 aliphatic rings. The molecule has 0 bridgehead atoms. The average Bonchev–Trinajstić information content (AvgIpc) is 2.89. The Balaban J connectivity index is -0.000000723. The van der Waals surface area contributed by atoms with Gasteiger partial charge in [-0.2, -0.15) is 0 Å². The van der Waals surface area contributed by atoms with Crippen molar-refractivity contribution in [3.63, 3.8) is 0 Å². The van der Waals surface area contributed by atoms with Crippen molar-refractivity contribution in [2.75, 3.05) is 98.8 Å². The van der Waals surface area contributed by atoms with Crippen LogP contribution in [0.5, 0.6) is 0 Å². The summed E-state index contributed by atoms with van der Waals surface area (Å²) >= 11 is 0. The summed E-state index contributed by atoms with van der Waals surface area (Å²) in [5.74, 6) is -5.60. The fourth-order valence-corrected chi connectivity index (χ4v) is 3.87. The standard InChI is InChI=1S/C13H24N4O6.C10H12N2O6.CH6N2.2CH4/c1-3-15-11(19)7-17(9-13(22)23)5-4-16(8-12(20)21)6-10(18)14-2;13-7-3-11(4-8(14)17-7)1-2-12-5-9(15)18-10(16)6-12;2-1-3;;/h3-9H2,1-2H3,(H,14,18)(H,15,19)(H,20,21)(H,22,23);1-6H2;1-3H2;2*1H4. The maximum absolute atomic E-state index is 11.6. The van der Waals surface area contributed by atoms with E-state index in [1.807, 2.05) is 0 Å². The molecule has 20 heteroatoms. The number of cyclic esters (lactones) is 4. The lowest BCUT2D eigenvalue weighted by molar-refractivity contribution is -0.944. The van der Waals surface area contributed by atoms with E-state index in [2.05, 4.69) is 31.6 Å². The minimum Gasteiger partial charge on any atom is -0.544 e. The second-order valence-electron chi connectivity index (χ2n) is 9.43. The number of carbonyl (C=O) groups is 8. The summed E-state index contributed by atoms with van der Waals surface area (Å²) in [5.41, 5.74) is 9.25. The molecular formula is C26H50N8O12. The summed E-state index contributed by atoms with van der Waals surface area (Å²) in [4.78, 5) is 92.5. The second-order valence-corrected chi connectivity index (χ2v) is 9.43. The molecule has 2 fully saturated rings. The Morgan fingerprint density at radius 2 is 1.04 bits per heavy atom. The molecule has 0 aromatic carbocycles. The zero-order valence-corrected chi connectivity index (χ0v) is 24.8. The molecular weight excluding hydrogens is 616 g/mol. The van der Waals surface area contributed by atoms with Gasteiger partial charge in [-0.3, -0.25) is 38.6 Å². The largest absolute Gasteiger partial charge is 0.544 e. The Bertz CT molecular complexity index is 943. The summed E-state index contributed by atoms with van der Waals surface area (Å²) in [5, 5.41) is 26.4. The molecule has 0 aliphatic carbocycles. The van der Waals surface area contributed by atoms with Crippen LogP contribution in [0.15, 0.2) is 0 Å². The van der Waals surface area contributed by atoms with Gasteiger partial charge in [-0.15, -0.1) is 0 Å². The molecule has 2 aliphatic heterocycles. The van der Waals surface area contributed by atoms with Crippen molar-refractivity contribution in [1.29, 1.82) is 0 Å². The van der Waals surface area contributed by atoms with E-state index in [0.29, 0.717) is 29.4 Å². The SMILES string of the molecule is C.C.CCNC(=O)C[NH+](CC[NH+](CC(=O)[O-])CC(=O)NC)CC(=O)[O-].NCN.O=C1CN(CCN2CC(=O)OC(=O)C2)CC(=O)O1. The number of quaternary nitrogens is 2. The van der Waals surface area contributed by atoms with Crippen molar-refractivity contribution in [2.45, 2.75) is 21.8 Å². The number of likely N-dealkylation sites (N-methyl/N-ethyl adjacent to an activating group) is 2. The first kappa shape index (κ1) is 46.3. The van der Waals surface area contributed by atoms with E-state index in [1.165, 1.54) is 7.05 Å². The molecule has 20 nitrogen and oxygen atoms in total. The van der Waals surface area contributed by atoms with Gasteiger partial charge in [0.05, 0.1) is 38.1 Å². The number of esters is 4. The smallest absolute Gasteiger partial charge is 0.327 e. The molecule has 0 aromatic heterocycles. The molecule has 2 rings (SSSR count). The number of rotatable bonds is 15. The Hall–Kier alpha value is -4.08. The monoisotopic (exact) mass is 666 g/mol. The number of ether oxygens (including phenoxy) is 2. The van der Waals surface area contributed by atoms with Gasteiger partial charge < -0.3 is 61.2 Å². The van der Waals surface area contributed by atoms with Gasteiger partial charge >= 0.3 is 23.9 Å². The molecule has 2 heterocycles. The van der Waals surface area contributed by atoms with Crippen LogP contribution >= 0.6 is 0 Å². The zero-order valence-electron chi connectivity index (χ0n) is 24.8. The summed E-state index contributed by atoms with van der Waals surface area (Å²) in [6.07, 6.45) is 0. The number of hydrogen-bond acceptors (Lipinski definition) is 16. The lowest BCUT2D eigenvalue weighted by Crippen LogP contribution is -3.22. The van der Waals surface area contributed by atoms with E-state index in [0.717, 1.165) is 0 Å². The van der Waals surface area contributed by atoms with Crippen molar-refractivity contribution in [2.24, 2.45) is 11.5 Å². The number of carboxylic acids is 2. The Kier molecular flexibility index (Phi) is 26.4. The van der Waals surface area contributed by atoms with Crippen LogP contribution < -0.4 is 42.1 Å². The highest BCUT2D eigenvalue weighted by Crippen LogP contribution is 2.03. The predicted octanol–water partition coefficient (Wildman–Crippen LogP) is -9.97. The molecule has 2 unspecified atom stereocenters. The van der Waals surface area contributed by atoms with E-state index >= 15 is 0 Å². The van der Waals surface area contributed by atoms with E-state index < -0.39 is 35.8 Å².